The highest BCUT2D eigenvalue weighted by Crippen LogP contribution is 2.47. The minimum atomic E-state index is -2.02. The molecule has 2 aliphatic rings. The molecule has 3 heterocycles. The number of nitrogens with one attached hydrogen (secondary N) is 1. The summed E-state index contributed by atoms with van der Waals surface area (Å²) >= 11 is 0. The Morgan fingerprint density at radius 3 is 2.41 bits per heavy atom. The number of hydrogen-bond donors (Lipinski definition) is 7. The molecule has 6 rings (SSSR count). The van der Waals surface area contributed by atoms with Crippen molar-refractivity contribution >= 4 is 23.2 Å². The lowest BCUT2D eigenvalue weighted by Crippen LogP contribution is -2.60. The normalized spacial score (nSPS) is 25.9. The number of anilines is 2. The highest BCUT2D eigenvalue weighted by molar-refractivity contribution is 6.08. The van der Waals surface area contributed by atoms with E-state index in [9.17, 15) is 40.2 Å². The van der Waals surface area contributed by atoms with Gasteiger partial charge in [-0.05, 0) is 35.7 Å². The Kier molecular flexibility index (Phi) is 10.7. The maximum atomic E-state index is 14.1. The number of allylic oxidation sites excluding steroid dienone is 1. The van der Waals surface area contributed by atoms with Crippen LogP contribution in [0.3, 0.4) is 0 Å². The predicted molar refractivity (Wildman–Crippen MR) is 184 cm³/mol. The van der Waals surface area contributed by atoms with E-state index < -0.39 is 54.0 Å². The van der Waals surface area contributed by atoms with Crippen LogP contribution in [0.25, 0.3) is 0 Å². The van der Waals surface area contributed by atoms with E-state index in [-0.39, 0.29) is 30.3 Å². The second-order valence-corrected chi connectivity index (χ2v) is 12.8. The summed E-state index contributed by atoms with van der Waals surface area (Å²) in [6.45, 7) is 2.24. The SMILES string of the molecule is C[C@@H](/C=C/CCn1cc(C(CO)c2ccccc2)nn1)[C@]1(O)C(=O)N(Cc2ccccc2)c2ccc(NC(=O)[C@H]3O[C@@H](O)[C@H](O)[C@@H](O)[C@@H]3O)cc21. The summed E-state index contributed by atoms with van der Waals surface area (Å²) in [4.78, 5) is 28.7. The molecule has 1 unspecified atom stereocenters. The molecule has 14 heteroatoms. The van der Waals surface area contributed by atoms with Gasteiger partial charge in [-0.1, -0.05) is 85.0 Å². The van der Waals surface area contributed by atoms with Gasteiger partial charge in [0.15, 0.2) is 18.0 Å². The van der Waals surface area contributed by atoms with Gasteiger partial charge in [-0.15, -0.1) is 5.10 Å². The third-order valence-electron chi connectivity index (χ3n) is 9.47. The van der Waals surface area contributed by atoms with Crippen LogP contribution in [0.4, 0.5) is 11.4 Å². The number of aliphatic hydroxyl groups is 6. The van der Waals surface area contributed by atoms with Crippen molar-refractivity contribution in [1.29, 1.82) is 0 Å². The number of amides is 2. The third kappa shape index (κ3) is 7.21. The van der Waals surface area contributed by atoms with Gasteiger partial charge in [0.05, 0.1) is 30.5 Å². The summed E-state index contributed by atoms with van der Waals surface area (Å²) in [6.07, 6.45) is -3.20. The Morgan fingerprint density at radius 1 is 1.00 bits per heavy atom. The van der Waals surface area contributed by atoms with Gasteiger partial charge in [-0.2, -0.15) is 0 Å². The van der Waals surface area contributed by atoms with Crippen molar-refractivity contribution in [2.45, 2.75) is 68.7 Å². The number of hydrogen-bond acceptors (Lipinski definition) is 11. The van der Waals surface area contributed by atoms with Gasteiger partial charge in [0, 0.05) is 29.9 Å². The Hall–Kier alpha value is -4.80. The Balaban J connectivity index is 1.20. The Bertz CT molecular complexity index is 1860. The summed E-state index contributed by atoms with van der Waals surface area (Å²) < 4.78 is 6.72. The molecule has 0 saturated carbocycles. The highest BCUT2D eigenvalue weighted by atomic mass is 16.6. The molecule has 0 bridgehead atoms. The number of rotatable bonds is 12. The van der Waals surface area contributed by atoms with Crippen molar-refractivity contribution in [2.75, 3.05) is 16.8 Å². The number of carbonyl (C=O) groups excluding carboxylic acids is 2. The van der Waals surface area contributed by atoms with E-state index in [0.717, 1.165) is 11.1 Å². The maximum Gasteiger partial charge on any atom is 0.264 e. The van der Waals surface area contributed by atoms with Crippen molar-refractivity contribution < 1.29 is 45.0 Å². The first-order valence-electron chi connectivity index (χ1n) is 16.7. The zero-order chi connectivity index (χ0) is 36.3. The zero-order valence-electron chi connectivity index (χ0n) is 27.8. The third-order valence-corrected chi connectivity index (χ3v) is 9.47. The smallest absolute Gasteiger partial charge is 0.264 e. The average Bonchev–Trinajstić information content (AvgIpc) is 3.69. The fourth-order valence-corrected chi connectivity index (χ4v) is 6.52. The molecule has 1 aromatic heterocycles. The van der Waals surface area contributed by atoms with E-state index in [1.165, 1.54) is 17.0 Å². The molecule has 3 aromatic carbocycles. The average molecular weight is 700 g/mol. The Morgan fingerprint density at radius 2 is 1.71 bits per heavy atom. The summed E-state index contributed by atoms with van der Waals surface area (Å²) in [6, 6.07) is 23.5. The lowest BCUT2D eigenvalue weighted by atomic mass is 9.82. The number of aryl methyl sites for hydroxylation is 1. The van der Waals surface area contributed by atoms with E-state index in [1.54, 1.807) is 29.9 Å². The lowest BCUT2D eigenvalue weighted by Gasteiger charge is -2.37. The van der Waals surface area contributed by atoms with Gasteiger partial charge in [0.25, 0.3) is 11.8 Å². The van der Waals surface area contributed by atoms with Crippen molar-refractivity contribution in [3.8, 4) is 0 Å². The van der Waals surface area contributed by atoms with Crippen LogP contribution >= 0.6 is 0 Å². The fourth-order valence-electron chi connectivity index (χ4n) is 6.52. The summed E-state index contributed by atoms with van der Waals surface area (Å²) in [5.74, 6) is -2.50. The maximum absolute atomic E-state index is 14.1. The highest BCUT2D eigenvalue weighted by Gasteiger charge is 2.53. The van der Waals surface area contributed by atoms with Gasteiger partial charge < -0.3 is 45.6 Å². The molecule has 2 aliphatic heterocycles. The molecule has 0 radical (unpaired) electrons. The standard InChI is InChI=1S/C37H41N5O9/c1-22(10-8-9-17-41-20-28(39-40-41)26(21-43)24-13-6-3-7-14-24)37(50)27-18-25(38-34(47)33-31(45)30(44)32(46)35(48)51-33)15-16-29(27)42(36(37)49)19-23-11-4-2-5-12-23/h2-8,10-16,18,20,22,26,30-33,35,43-46,48,50H,9,17,19,21H2,1H3,(H,38,47)/b10-8+/t22-,26?,30-,31-,32+,33-,35+,37+/m0/s1. The molecule has 268 valence electrons. The van der Waals surface area contributed by atoms with Gasteiger partial charge in [0.1, 0.15) is 18.3 Å². The molecule has 8 atom stereocenters. The number of ether oxygens (including phenoxy) is 1. The van der Waals surface area contributed by atoms with Gasteiger partial charge >= 0.3 is 0 Å². The quantitative estimate of drug-likeness (QED) is 0.104. The van der Waals surface area contributed by atoms with Crippen molar-refractivity contribution in [1.82, 2.24) is 15.0 Å². The van der Waals surface area contributed by atoms with Crippen molar-refractivity contribution in [3.63, 3.8) is 0 Å². The van der Waals surface area contributed by atoms with Gasteiger partial charge in [-0.3, -0.25) is 14.3 Å². The number of carbonyl (C=O) groups is 2. The van der Waals surface area contributed by atoms with Crippen LogP contribution in [-0.4, -0.2) is 94.8 Å². The molecule has 0 spiro atoms. The monoisotopic (exact) mass is 699 g/mol. The van der Waals surface area contributed by atoms with Crippen molar-refractivity contribution in [3.05, 3.63) is 120 Å². The second kappa shape index (κ2) is 15.2. The Labute approximate surface area is 293 Å². The molecule has 51 heavy (non-hydrogen) atoms. The molecule has 0 aliphatic carbocycles. The second-order valence-electron chi connectivity index (χ2n) is 12.8. The molecular formula is C37H41N5O9. The van der Waals surface area contributed by atoms with Crippen LogP contribution in [0, 0.1) is 5.92 Å². The van der Waals surface area contributed by atoms with Crippen LogP contribution in [0.5, 0.6) is 0 Å². The molecule has 2 amide bonds. The van der Waals surface area contributed by atoms with Crippen LogP contribution in [0.15, 0.2) is 97.2 Å². The zero-order valence-corrected chi connectivity index (χ0v) is 27.8. The van der Waals surface area contributed by atoms with E-state index in [4.69, 9.17) is 4.74 Å². The van der Waals surface area contributed by atoms with E-state index in [1.807, 2.05) is 66.7 Å². The van der Waals surface area contributed by atoms with Gasteiger partial charge in [-0.25, -0.2) is 0 Å². The first-order valence-corrected chi connectivity index (χ1v) is 16.7. The van der Waals surface area contributed by atoms with Gasteiger partial charge in [0.2, 0.25) is 0 Å². The van der Waals surface area contributed by atoms with E-state index in [2.05, 4.69) is 15.6 Å². The lowest BCUT2D eigenvalue weighted by molar-refractivity contribution is -0.274. The predicted octanol–water partition coefficient (Wildman–Crippen LogP) is 1.16. The first-order chi connectivity index (χ1) is 24.5. The van der Waals surface area contributed by atoms with Crippen LogP contribution in [0.1, 0.15) is 41.6 Å². The molecular weight excluding hydrogens is 658 g/mol. The summed E-state index contributed by atoms with van der Waals surface area (Å²) in [7, 11) is 0. The van der Waals surface area contributed by atoms with E-state index in [0.29, 0.717) is 24.3 Å². The number of benzene rings is 3. The topological polar surface area (TPSA) is 211 Å². The number of aliphatic hydroxyl groups excluding tert-OH is 5. The first kappa shape index (κ1) is 36.0. The van der Waals surface area contributed by atoms with Crippen molar-refractivity contribution in [2.24, 2.45) is 5.92 Å². The molecule has 1 saturated heterocycles. The fraction of sp³-hybridized carbons (Fsp3) is 0.351. The van der Waals surface area contributed by atoms with E-state index >= 15 is 0 Å². The molecule has 7 N–H and O–H groups in total. The molecule has 1 fully saturated rings. The minimum Gasteiger partial charge on any atom is -0.395 e. The largest absolute Gasteiger partial charge is 0.395 e. The minimum absolute atomic E-state index is 0.117. The summed E-state index contributed by atoms with van der Waals surface area (Å²) in [5, 5.41) is 73.3. The summed E-state index contributed by atoms with van der Waals surface area (Å²) in [5.41, 5.74) is 1.23. The number of nitrogens with zero attached hydrogens (tertiary/aromatic N) is 4. The molecule has 14 nitrogen and oxygen atoms in total. The molecule has 4 aromatic rings. The van der Waals surface area contributed by atoms with Crippen LogP contribution < -0.4 is 10.2 Å². The number of fused-ring (bicyclic) bond motifs is 1. The van der Waals surface area contributed by atoms with Crippen LogP contribution in [-0.2, 0) is 33.0 Å². The number of aromatic nitrogens is 3. The van der Waals surface area contributed by atoms with Crippen LogP contribution in [0.2, 0.25) is 0 Å².